The molecule has 0 aliphatic carbocycles. The fourth-order valence-corrected chi connectivity index (χ4v) is 4.98. The van der Waals surface area contributed by atoms with E-state index in [4.69, 9.17) is 11.6 Å². The molecule has 0 bridgehead atoms. The summed E-state index contributed by atoms with van der Waals surface area (Å²) in [5.41, 5.74) is 0. The van der Waals surface area contributed by atoms with Crippen LogP contribution in [-0.2, 0) is 0 Å². The Morgan fingerprint density at radius 3 is 2.12 bits per heavy atom. The van der Waals surface area contributed by atoms with E-state index in [0.717, 1.165) is 9.91 Å². The molecule has 90 valence electrons. The van der Waals surface area contributed by atoms with Crippen molar-refractivity contribution in [1.29, 1.82) is 0 Å². The maximum Gasteiger partial charge on any atom is 0.0778 e. The average molecular weight is 293 g/mol. The minimum absolute atomic E-state index is 0.565. The summed E-state index contributed by atoms with van der Waals surface area (Å²) in [5, 5.41) is 4.10. The average Bonchev–Trinajstić information content (AvgIpc) is 2.66. The lowest BCUT2D eigenvalue weighted by atomic mass is 10.5. The third kappa shape index (κ3) is 4.74. The van der Waals surface area contributed by atoms with Crippen LogP contribution < -0.4 is 0 Å². The largest absolute Gasteiger partial charge is 0.143 e. The van der Waals surface area contributed by atoms with Crippen molar-refractivity contribution in [1.82, 2.24) is 0 Å². The van der Waals surface area contributed by atoms with Gasteiger partial charge in [-0.25, -0.2) is 0 Å². The lowest BCUT2D eigenvalue weighted by molar-refractivity contribution is 1.11. The van der Waals surface area contributed by atoms with Crippen LogP contribution >= 0.6 is 46.5 Å². The third-order valence-corrected chi connectivity index (χ3v) is 5.57. The van der Waals surface area contributed by atoms with Crippen molar-refractivity contribution in [3.8, 4) is 0 Å². The zero-order valence-corrected chi connectivity index (χ0v) is 13.2. The number of hydrogen-bond donors (Lipinski definition) is 0. The molecule has 1 aromatic rings. The van der Waals surface area contributed by atoms with Gasteiger partial charge in [-0.1, -0.05) is 45.4 Å². The van der Waals surface area contributed by atoms with Gasteiger partial charge in [-0.15, -0.1) is 34.9 Å². The Morgan fingerprint density at radius 1 is 1.19 bits per heavy atom. The van der Waals surface area contributed by atoms with Crippen LogP contribution in [-0.4, -0.2) is 10.5 Å². The summed E-state index contributed by atoms with van der Waals surface area (Å²) in [6.07, 6.45) is 0. The van der Waals surface area contributed by atoms with E-state index in [1.807, 2.05) is 29.6 Å². The molecule has 1 aromatic heterocycles. The first-order chi connectivity index (χ1) is 7.50. The van der Waals surface area contributed by atoms with Crippen LogP contribution in [0, 0.1) is 0 Å². The van der Waals surface area contributed by atoms with Crippen molar-refractivity contribution >= 4 is 51.5 Å². The highest BCUT2D eigenvalue weighted by Crippen LogP contribution is 2.42. The van der Waals surface area contributed by atoms with Crippen LogP contribution in [0.25, 0.3) is 5.03 Å². The van der Waals surface area contributed by atoms with Crippen LogP contribution in [0.4, 0.5) is 0 Å². The first kappa shape index (κ1) is 14.5. The number of hydrogen-bond acceptors (Lipinski definition) is 3. The van der Waals surface area contributed by atoms with Gasteiger partial charge in [0.25, 0.3) is 0 Å². The molecule has 0 radical (unpaired) electrons. The summed E-state index contributed by atoms with van der Waals surface area (Å²) in [6.45, 7) is 8.79. The van der Waals surface area contributed by atoms with Crippen molar-refractivity contribution in [2.45, 2.75) is 38.2 Å². The van der Waals surface area contributed by atoms with E-state index < -0.39 is 0 Å². The Bertz CT molecular complexity index is 327. The second-order valence-electron chi connectivity index (χ2n) is 3.91. The summed E-state index contributed by atoms with van der Waals surface area (Å²) < 4.78 is 1.24. The Balaban J connectivity index is 2.92. The number of thioether (sulfide) groups is 2. The first-order valence-corrected chi connectivity index (χ1v) is 8.29. The van der Waals surface area contributed by atoms with Crippen LogP contribution in [0.15, 0.2) is 21.7 Å². The standard InChI is InChI=1S/C12H17ClS3/c1-8(2)15-12(16-9(3)4)11(13)10-6-5-7-14-10/h5-9H,1-4H3. The molecule has 0 spiro atoms. The molecule has 0 unspecified atom stereocenters. The van der Waals surface area contributed by atoms with Gasteiger partial charge < -0.3 is 0 Å². The Hall–Kier alpha value is 0.430. The molecule has 0 atom stereocenters. The van der Waals surface area contributed by atoms with E-state index in [1.165, 1.54) is 4.24 Å². The maximum atomic E-state index is 6.45. The van der Waals surface area contributed by atoms with Crippen molar-refractivity contribution in [2.24, 2.45) is 0 Å². The van der Waals surface area contributed by atoms with E-state index in [1.54, 1.807) is 11.3 Å². The molecule has 1 heterocycles. The molecule has 0 aliphatic heterocycles. The first-order valence-electron chi connectivity index (χ1n) is 5.27. The molecule has 0 N–H and O–H groups in total. The van der Waals surface area contributed by atoms with Gasteiger partial charge in [0.05, 0.1) is 9.27 Å². The topological polar surface area (TPSA) is 0 Å². The van der Waals surface area contributed by atoms with Crippen LogP contribution in [0.2, 0.25) is 0 Å². The zero-order chi connectivity index (χ0) is 12.1. The van der Waals surface area contributed by atoms with Gasteiger partial charge >= 0.3 is 0 Å². The van der Waals surface area contributed by atoms with E-state index in [-0.39, 0.29) is 0 Å². The number of thiophene rings is 1. The summed E-state index contributed by atoms with van der Waals surface area (Å²) >= 11 is 11.9. The quantitative estimate of drug-likeness (QED) is 0.663. The molecule has 4 heteroatoms. The normalized spacial score (nSPS) is 11.2. The van der Waals surface area contributed by atoms with E-state index >= 15 is 0 Å². The SMILES string of the molecule is CC(C)SC(SC(C)C)=C(Cl)c1cccs1. The molecule has 0 aliphatic rings. The lowest BCUT2D eigenvalue weighted by Gasteiger charge is -2.13. The van der Waals surface area contributed by atoms with E-state index in [0.29, 0.717) is 10.5 Å². The van der Waals surface area contributed by atoms with E-state index in [2.05, 4.69) is 39.1 Å². The summed E-state index contributed by atoms with van der Waals surface area (Å²) in [6, 6.07) is 4.12. The van der Waals surface area contributed by atoms with Gasteiger partial charge in [0, 0.05) is 15.4 Å². The minimum Gasteiger partial charge on any atom is -0.143 e. The second-order valence-corrected chi connectivity index (χ2v) is 8.67. The molecule has 0 saturated heterocycles. The minimum atomic E-state index is 0.565. The molecule has 0 saturated carbocycles. The molecule has 1 rings (SSSR count). The fraction of sp³-hybridized carbons (Fsp3) is 0.500. The van der Waals surface area contributed by atoms with E-state index in [9.17, 15) is 0 Å². The van der Waals surface area contributed by atoms with Crippen LogP contribution in [0.5, 0.6) is 0 Å². The Labute approximate surface area is 116 Å². The molecule has 0 amide bonds. The van der Waals surface area contributed by atoms with Crippen LogP contribution in [0.3, 0.4) is 0 Å². The molecule has 0 nitrogen and oxygen atoms in total. The van der Waals surface area contributed by atoms with Crippen molar-refractivity contribution in [3.63, 3.8) is 0 Å². The predicted octanol–water partition coefficient (Wildman–Crippen LogP) is 5.90. The zero-order valence-electron chi connectivity index (χ0n) is 9.99. The Kier molecular flexibility index (Phi) is 6.34. The van der Waals surface area contributed by atoms with Crippen molar-refractivity contribution < 1.29 is 0 Å². The Morgan fingerprint density at radius 2 is 1.75 bits per heavy atom. The molecular weight excluding hydrogens is 276 g/mol. The molecule has 0 fully saturated rings. The van der Waals surface area contributed by atoms with Gasteiger partial charge in [0.2, 0.25) is 0 Å². The summed E-state index contributed by atoms with van der Waals surface area (Å²) in [7, 11) is 0. The highest BCUT2D eigenvalue weighted by Gasteiger charge is 2.13. The van der Waals surface area contributed by atoms with Crippen molar-refractivity contribution in [3.05, 3.63) is 26.6 Å². The van der Waals surface area contributed by atoms with Crippen LogP contribution in [0.1, 0.15) is 32.6 Å². The third-order valence-electron chi connectivity index (χ3n) is 1.60. The highest BCUT2D eigenvalue weighted by molar-refractivity contribution is 8.23. The van der Waals surface area contributed by atoms with Gasteiger partial charge in [-0.05, 0) is 11.4 Å². The number of halogens is 1. The van der Waals surface area contributed by atoms with Gasteiger partial charge in [0.1, 0.15) is 0 Å². The highest BCUT2D eigenvalue weighted by atomic mass is 35.5. The van der Waals surface area contributed by atoms with Gasteiger partial charge in [-0.3, -0.25) is 0 Å². The predicted molar refractivity (Wildman–Crippen MR) is 82.5 cm³/mol. The molecular formula is C12H17ClS3. The smallest absolute Gasteiger partial charge is 0.0778 e. The van der Waals surface area contributed by atoms with Crippen molar-refractivity contribution in [2.75, 3.05) is 0 Å². The monoisotopic (exact) mass is 292 g/mol. The molecule has 16 heavy (non-hydrogen) atoms. The summed E-state index contributed by atoms with van der Waals surface area (Å²) in [4.78, 5) is 1.16. The fourth-order valence-electron chi connectivity index (χ4n) is 1.06. The second kappa shape index (κ2) is 7.00. The lowest BCUT2D eigenvalue weighted by Crippen LogP contribution is -1.92. The van der Waals surface area contributed by atoms with Gasteiger partial charge in [-0.2, -0.15) is 0 Å². The maximum absolute atomic E-state index is 6.45. The number of rotatable bonds is 5. The molecule has 0 aromatic carbocycles. The summed E-state index contributed by atoms with van der Waals surface area (Å²) in [5.74, 6) is 0. The van der Waals surface area contributed by atoms with Gasteiger partial charge in [0.15, 0.2) is 0 Å².